The van der Waals surface area contributed by atoms with Crippen LogP contribution in [0.4, 0.5) is 14.5 Å². The van der Waals surface area contributed by atoms with Crippen molar-refractivity contribution in [2.24, 2.45) is 0 Å². The molecule has 0 amide bonds. The Morgan fingerprint density at radius 2 is 1.75 bits per heavy atom. The second-order valence-corrected chi connectivity index (χ2v) is 4.18. The first-order chi connectivity index (χ1) is 7.63. The Hall–Kier alpha value is -0.640. The van der Waals surface area contributed by atoms with E-state index in [0.717, 1.165) is 6.42 Å². The molecule has 0 aromatic heterocycles. The van der Waals surface area contributed by atoms with Crippen LogP contribution in [0.25, 0.3) is 0 Å². The topological polar surface area (TPSA) is 3.24 Å². The van der Waals surface area contributed by atoms with Crippen molar-refractivity contribution in [2.75, 3.05) is 18.0 Å². The van der Waals surface area contributed by atoms with Crippen molar-refractivity contribution in [3.05, 3.63) is 29.3 Å². The summed E-state index contributed by atoms with van der Waals surface area (Å²) >= 11 is 3.19. The Balaban J connectivity index is 3.11. The predicted molar refractivity (Wildman–Crippen MR) is 67.2 cm³/mol. The largest absolute Gasteiger partial charge is 0.367 e. The number of hydrogen-bond donors (Lipinski definition) is 0. The van der Waals surface area contributed by atoms with Gasteiger partial charge >= 0.3 is 0 Å². The number of hydrogen-bond acceptors (Lipinski definition) is 1. The fraction of sp³-hybridized carbons (Fsp3) is 0.500. The van der Waals surface area contributed by atoms with E-state index in [1.807, 2.05) is 13.8 Å². The first-order valence-electron chi connectivity index (χ1n) is 5.42. The monoisotopic (exact) mass is 291 g/mol. The molecule has 0 aliphatic carbocycles. The maximum absolute atomic E-state index is 13.8. The van der Waals surface area contributed by atoms with Crippen LogP contribution in [0.2, 0.25) is 0 Å². The molecule has 0 radical (unpaired) electrons. The van der Waals surface area contributed by atoms with E-state index >= 15 is 0 Å². The third-order valence-electron chi connectivity index (χ3n) is 2.42. The van der Waals surface area contributed by atoms with Gasteiger partial charge in [-0.3, -0.25) is 0 Å². The highest BCUT2D eigenvalue weighted by Gasteiger charge is 2.16. The van der Waals surface area contributed by atoms with Crippen LogP contribution in [0.5, 0.6) is 0 Å². The number of alkyl halides is 1. The van der Waals surface area contributed by atoms with Crippen molar-refractivity contribution >= 4 is 21.6 Å². The highest BCUT2D eigenvalue weighted by molar-refractivity contribution is 9.08. The van der Waals surface area contributed by atoms with Gasteiger partial charge in [-0.25, -0.2) is 8.78 Å². The molecule has 0 atom stereocenters. The number of benzene rings is 1. The van der Waals surface area contributed by atoms with Crippen LogP contribution in [0.15, 0.2) is 12.1 Å². The maximum atomic E-state index is 13.8. The molecule has 1 nitrogen and oxygen atoms in total. The van der Waals surface area contributed by atoms with Gasteiger partial charge < -0.3 is 4.90 Å². The Labute approximate surface area is 104 Å². The predicted octanol–water partition coefficient (Wildman–Crippen LogP) is 4.10. The average Bonchev–Trinajstić information content (AvgIpc) is 2.26. The zero-order chi connectivity index (χ0) is 12.1. The van der Waals surface area contributed by atoms with Crippen LogP contribution in [0, 0.1) is 11.6 Å². The van der Waals surface area contributed by atoms with Crippen molar-refractivity contribution < 1.29 is 8.78 Å². The number of nitrogens with zero attached hydrogens (tertiary/aromatic N) is 1. The second kappa shape index (κ2) is 6.18. The van der Waals surface area contributed by atoms with Gasteiger partial charge in [0.25, 0.3) is 0 Å². The molecule has 1 aromatic carbocycles. The summed E-state index contributed by atoms with van der Waals surface area (Å²) in [6.45, 7) is 5.16. The molecule has 0 unspecified atom stereocenters. The molecule has 0 aliphatic heterocycles. The minimum Gasteiger partial charge on any atom is -0.367 e. The normalized spacial score (nSPS) is 10.6. The van der Waals surface area contributed by atoms with Gasteiger partial charge in [-0.05, 0) is 31.0 Å². The van der Waals surface area contributed by atoms with Crippen molar-refractivity contribution in [1.82, 2.24) is 0 Å². The van der Waals surface area contributed by atoms with Crippen molar-refractivity contribution in [2.45, 2.75) is 25.6 Å². The maximum Gasteiger partial charge on any atom is 0.149 e. The highest BCUT2D eigenvalue weighted by Crippen LogP contribution is 2.26. The number of halogens is 3. The summed E-state index contributed by atoms with van der Waals surface area (Å²) in [5.74, 6) is -0.963. The molecular formula is C12H16BrF2N. The van der Waals surface area contributed by atoms with Gasteiger partial charge in [0.1, 0.15) is 17.3 Å². The summed E-state index contributed by atoms with van der Waals surface area (Å²) < 4.78 is 27.5. The summed E-state index contributed by atoms with van der Waals surface area (Å²) in [5.41, 5.74) is 0.709. The van der Waals surface area contributed by atoms with E-state index in [-0.39, 0.29) is 5.69 Å². The smallest absolute Gasteiger partial charge is 0.149 e. The van der Waals surface area contributed by atoms with E-state index in [4.69, 9.17) is 0 Å². The van der Waals surface area contributed by atoms with Crippen LogP contribution >= 0.6 is 15.9 Å². The minimum absolute atomic E-state index is 0.0917. The van der Waals surface area contributed by atoms with Crippen molar-refractivity contribution in [1.29, 1.82) is 0 Å². The van der Waals surface area contributed by atoms with E-state index in [1.54, 1.807) is 4.90 Å². The van der Waals surface area contributed by atoms with Crippen LogP contribution in [0.3, 0.4) is 0 Å². The van der Waals surface area contributed by atoms with E-state index in [2.05, 4.69) is 15.9 Å². The molecule has 0 bridgehead atoms. The Kier molecular flexibility index (Phi) is 5.19. The number of rotatable bonds is 5. The van der Waals surface area contributed by atoms with Gasteiger partial charge in [0.05, 0.1) is 0 Å². The molecule has 0 heterocycles. The summed E-state index contributed by atoms with van der Waals surface area (Å²) in [4.78, 5) is 1.72. The lowest BCUT2D eigenvalue weighted by Crippen LogP contribution is -2.25. The average molecular weight is 292 g/mol. The van der Waals surface area contributed by atoms with Crippen LogP contribution in [0.1, 0.15) is 25.8 Å². The van der Waals surface area contributed by atoms with Crippen LogP contribution < -0.4 is 4.90 Å². The molecule has 4 heteroatoms. The molecule has 0 N–H and O–H groups in total. The molecule has 0 fully saturated rings. The molecule has 0 saturated heterocycles. The first kappa shape index (κ1) is 13.4. The number of anilines is 1. The van der Waals surface area contributed by atoms with E-state index < -0.39 is 11.6 Å². The molecule has 90 valence electrons. The standard InChI is InChI=1S/C12H16BrF2N/c1-3-5-16(4-2)12-10(14)6-9(8-13)7-11(12)15/h6-7H,3-5,8H2,1-2H3. The fourth-order valence-corrected chi connectivity index (χ4v) is 2.02. The van der Waals surface area contributed by atoms with Crippen LogP contribution in [-0.2, 0) is 5.33 Å². The molecule has 0 spiro atoms. The lowest BCUT2D eigenvalue weighted by atomic mass is 10.2. The Bertz CT molecular complexity index is 332. The van der Waals surface area contributed by atoms with Crippen molar-refractivity contribution in [3.8, 4) is 0 Å². The molecular weight excluding hydrogens is 276 g/mol. The van der Waals surface area contributed by atoms with E-state index in [9.17, 15) is 8.78 Å². The summed E-state index contributed by atoms with van der Waals surface area (Å²) in [6, 6.07) is 2.76. The van der Waals surface area contributed by atoms with Gasteiger partial charge in [-0.1, -0.05) is 22.9 Å². The zero-order valence-electron chi connectivity index (χ0n) is 9.56. The minimum atomic E-state index is -0.482. The van der Waals surface area contributed by atoms with E-state index in [1.165, 1.54) is 12.1 Å². The SMILES string of the molecule is CCCN(CC)c1c(F)cc(CBr)cc1F. The molecule has 1 rings (SSSR count). The molecule has 0 saturated carbocycles. The third-order valence-corrected chi connectivity index (χ3v) is 3.07. The quantitative estimate of drug-likeness (QED) is 0.739. The highest BCUT2D eigenvalue weighted by atomic mass is 79.9. The fourth-order valence-electron chi connectivity index (χ4n) is 1.70. The van der Waals surface area contributed by atoms with Gasteiger partial charge in [0.15, 0.2) is 0 Å². The summed E-state index contributed by atoms with van der Waals surface area (Å²) in [7, 11) is 0. The molecule has 0 aliphatic rings. The van der Waals surface area contributed by atoms with Gasteiger partial charge in [-0.15, -0.1) is 0 Å². The first-order valence-corrected chi connectivity index (χ1v) is 6.55. The zero-order valence-corrected chi connectivity index (χ0v) is 11.2. The second-order valence-electron chi connectivity index (χ2n) is 3.62. The van der Waals surface area contributed by atoms with Gasteiger partial charge in [-0.2, -0.15) is 0 Å². The van der Waals surface area contributed by atoms with Gasteiger partial charge in [0.2, 0.25) is 0 Å². The van der Waals surface area contributed by atoms with Crippen molar-refractivity contribution in [3.63, 3.8) is 0 Å². The van der Waals surface area contributed by atoms with E-state index in [0.29, 0.717) is 24.0 Å². The third kappa shape index (κ3) is 2.94. The Morgan fingerprint density at radius 3 is 2.12 bits per heavy atom. The summed E-state index contributed by atoms with van der Waals surface area (Å²) in [5, 5.41) is 0.459. The molecule has 1 aromatic rings. The van der Waals surface area contributed by atoms with Gasteiger partial charge in [0, 0.05) is 18.4 Å². The molecule has 16 heavy (non-hydrogen) atoms. The lowest BCUT2D eigenvalue weighted by Gasteiger charge is -2.23. The lowest BCUT2D eigenvalue weighted by molar-refractivity contribution is 0.569. The summed E-state index contributed by atoms with van der Waals surface area (Å²) in [6.07, 6.45) is 0.868. The Morgan fingerprint density at radius 1 is 1.19 bits per heavy atom. The van der Waals surface area contributed by atoms with Crippen LogP contribution in [-0.4, -0.2) is 13.1 Å².